The molecule has 1 fully saturated rings. The fourth-order valence-electron chi connectivity index (χ4n) is 4.09. The third kappa shape index (κ3) is 5.40. The van der Waals surface area contributed by atoms with Crippen molar-refractivity contribution in [1.29, 1.82) is 0 Å². The van der Waals surface area contributed by atoms with Crippen LogP contribution in [-0.2, 0) is 17.9 Å². The van der Waals surface area contributed by atoms with E-state index < -0.39 is 0 Å². The van der Waals surface area contributed by atoms with E-state index in [0.717, 1.165) is 36.3 Å². The Bertz CT molecular complexity index is 1000. The summed E-state index contributed by atoms with van der Waals surface area (Å²) >= 11 is 1.49. The molecule has 0 radical (unpaired) electrons. The van der Waals surface area contributed by atoms with Crippen molar-refractivity contribution in [3.8, 4) is 0 Å². The number of para-hydroxylation sites is 1. The highest BCUT2D eigenvalue weighted by Gasteiger charge is 2.25. The van der Waals surface area contributed by atoms with E-state index in [-0.39, 0.29) is 11.2 Å². The van der Waals surface area contributed by atoms with Gasteiger partial charge in [-0.15, -0.1) is 10.2 Å². The van der Waals surface area contributed by atoms with Crippen LogP contribution in [0.1, 0.15) is 38.1 Å². The van der Waals surface area contributed by atoms with Gasteiger partial charge in [0.1, 0.15) is 5.82 Å². The van der Waals surface area contributed by atoms with Gasteiger partial charge in [0.25, 0.3) is 0 Å². The maximum absolute atomic E-state index is 13.3. The number of amides is 1. The molecule has 0 saturated carbocycles. The molecule has 0 bridgehead atoms. The maximum Gasteiger partial charge on any atom is 0.240 e. The van der Waals surface area contributed by atoms with Crippen molar-refractivity contribution in [2.45, 2.75) is 50.2 Å². The van der Waals surface area contributed by atoms with Crippen molar-refractivity contribution in [2.75, 3.05) is 24.5 Å². The summed E-state index contributed by atoms with van der Waals surface area (Å²) in [6.45, 7) is 8.32. The number of carbonyl (C=O) groups excluding carboxylic acids is 1. The Kier molecular flexibility index (Phi) is 7.60. The smallest absolute Gasteiger partial charge is 0.240 e. The lowest BCUT2D eigenvalue weighted by Crippen LogP contribution is -2.36. The van der Waals surface area contributed by atoms with E-state index in [2.05, 4.69) is 43.9 Å². The van der Waals surface area contributed by atoms with Crippen LogP contribution in [0.5, 0.6) is 0 Å². The number of nitrogens with zero attached hydrogens (tertiary/aromatic N) is 5. The minimum atomic E-state index is -0.270. The molecule has 1 aromatic heterocycles. The number of aromatic nitrogens is 3. The van der Waals surface area contributed by atoms with Gasteiger partial charge in [-0.05, 0) is 57.5 Å². The summed E-state index contributed by atoms with van der Waals surface area (Å²) in [5, 5.41) is 9.58. The standard InChI is InChI=1S/C25H31N5OS/c1-3-29(22-14-8-5-9-15-22)24(31)20(2)32-25-27-26-23(19-28-16-10-11-17-28)30(25)18-21-12-6-4-7-13-21/h4-9,12-15,20H,3,10-11,16-19H2,1-2H3/t20-/m1/s1. The second-order valence-corrected chi connectivity index (χ2v) is 9.44. The van der Waals surface area contributed by atoms with E-state index in [4.69, 9.17) is 0 Å². The van der Waals surface area contributed by atoms with Crippen molar-refractivity contribution < 1.29 is 4.79 Å². The highest BCUT2D eigenvalue weighted by atomic mass is 32.2. The van der Waals surface area contributed by atoms with Gasteiger partial charge in [-0.3, -0.25) is 9.69 Å². The summed E-state index contributed by atoms with van der Waals surface area (Å²) in [6.07, 6.45) is 2.48. The molecule has 168 valence electrons. The van der Waals surface area contributed by atoms with Gasteiger partial charge >= 0.3 is 0 Å². The van der Waals surface area contributed by atoms with E-state index in [1.807, 2.05) is 55.1 Å². The molecule has 0 aliphatic carbocycles. The zero-order chi connectivity index (χ0) is 22.3. The summed E-state index contributed by atoms with van der Waals surface area (Å²) in [4.78, 5) is 17.5. The number of likely N-dealkylation sites (tertiary alicyclic amines) is 1. The molecule has 1 saturated heterocycles. The number of hydrogen-bond donors (Lipinski definition) is 0. The molecule has 0 spiro atoms. The first-order valence-electron chi connectivity index (χ1n) is 11.4. The molecule has 6 nitrogen and oxygen atoms in total. The molecule has 2 heterocycles. The van der Waals surface area contributed by atoms with Gasteiger partial charge < -0.3 is 9.47 Å². The zero-order valence-corrected chi connectivity index (χ0v) is 19.7. The topological polar surface area (TPSA) is 54.3 Å². The molecular weight excluding hydrogens is 418 g/mol. The summed E-state index contributed by atoms with van der Waals surface area (Å²) in [6, 6.07) is 20.2. The van der Waals surface area contributed by atoms with Gasteiger partial charge in [-0.1, -0.05) is 60.3 Å². The molecule has 1 amide bonds. The van der Waals surface area contributed by atoms with Gasteiger partial charge in [0, 0.05) is 12.2 Å². The van der Waals surface area contributed by atoms with Crippen molar-refractivity contribution >= 4 is 23.4 Å². The first-order valence-corrected chi connectivity index (χ1v) is 12.2. The Hall–Kier alpha value is -2.64. The van der Waals surface area contributed by atoms with Crippen LogP contribution >= 0.6 is 11.8 Å². The number of rotatable bonds is 9. The van der Waals surface area contributed by atoms with Gasteiger partial charge in [0.2, 0.25) is 5.91 Å². The number of carbonyl (C=O) groups is 1. The minimum Gasteiger partial charge on any atom is -0.312 e. The predicted molar refractivity (Wildman–Crippen MR) is 130 cm³/mol. The Morgan fingerprint density at radius 3 is 2.31 bits per heavy atom. The molecular formula is C25H31N5OS. The van der Waals surface area contributed by atoms with Crippen molar-refractivity contribution in [2.24, 2.45) is 0 Å². The normalized spacial score (nSPS) is 15.1. The molecule has 3 aromatic rings. The van der Waals surface area contributed by atoms with E-state index >= 15 is 0 Å². The largest absolute Gasteiger partial charge is 0.312 e. The second kappa shape index (κ2) is 10.8. The third-order valence-corrected chi connectivity index (χ3v) is 6.89. The average Bonchev–Trinajstić information content (AvgIpc) is 3.47. The second-order valence-electron chi connectivity index (χ2n) is 8.13. The Morgan fingerprint density at radius 1 is 1.00 bits per heavy atom. The predicted octanol–water partition coefficient (Wildman–Crippen LogP) is 4.46. The van der Waals surface area contributed by atoms with Crippen LogP contribution in [0.4, 0.5) is 5.69 Å². The Morgan fingerprint density at radius 2 is 1.66 bits per heavy atom. The molecule has 1 atom stereocenters. The maximum atomic E-state index is 13.3. The summed E-state index contributed by atoms with van der Waals surface area (Å²) < 4.78 is 2.18. The van der Waals surface area contributed by atoms with Crippen LogP contribution in [0.2, 0.25) is 0 Å². The highest BCUT2D eigenvalue weighted by molar-refractivity contribution is 8.00. The van der Waals surface area contributed by atoms with E-state index in [0.29, 0.717) is 13.1 Å². The summed E-state index contributed by atoms with van der Waals surface area (Å²) in [7, 11) is 0. The molecule has 7 heteroatoms. The molecule has 4 rings (SSSR count). The van der Waals surface area contributed by atoms with Crippen LogP contribution in [0.25, 0.3) is 0 Å². The number of benzene rings is 2. The molecule has 1 aliphatic heterocycles. The first kappa shape index (κ1) is 22.6. The van der Waals surface area contributed by atoms with Crippen LogP contribution in [-0.4, -0.2) is 50.5 Å². The average molecular weight is 450 g/mol. The zero-order valence-electron chi connectivity index (χ0n) is 18.9. The lowest BCUT2D eigenvalue weighted by atomic mass is 10.2. The number of thioether (sulfide) groups is 1. The monoisotopic (exact) mass is 449 g/mol. The van der Waals surface area contributed by atoms with Gasteiger partial charge in [-0.25, -0.2) is 0 Å². The van der Waals surface area contributed by atoms with Crippen LogP contribution in [0.15, 0.2) is 65.8 Å². The van der Waals surface area contributed by atoms with Crippen LogP contribution in [0, 0.1) is 0 Å². The van der Waals surface area contributed by atoms with Crippen LogP contribution < -0.4 is 4.90 Å². The van der Waals surface area contributed by atoms with Crippen molar-refractivity contribution in [1.82, 2.24) is 19.7 Å². The number of anilines is 1. The number of hydrogen-bond acceptors (Lipinski definition) is 5. The van der Waals surface area contributed by atoms with Gasteiger partial charge in [0.15, 0.2) is 5.16 Å². The Balaban J connectivity index is 1.55. The molecule has 0 unspecified atom stereocenters. The van der Waals surface area contributed by atoms with Crippen molar-refractivity contribution in [3.05, 3.63) is 72.1 Å². The lowest BCUT2D eigenvalue weighted by molar-refractivity contribution is -0.117. The highest BCUT2D eigenvalue weighted by Crippen LogP contribution is 2.27. The van der Waals surface area contributed by atoms with E-state index in [1.54, 1.807) is 0 Å². The third-order valence-electron chi connectivity index (χ3n) is 5.82. The SMILES string of the molecule is CCN(C(=O)[C@@H](C)Sc1nnc(CN2CCCC2)n1Cc1ccccc1)c1ccccc1. The fourth-order valence-corrected chi connectivity index (χ4v) is 5.02. The Labute approximate surface area is 194 Å². The lowest BCUT2D eigenvalue weighted by Gasteiger charge is -2.24. The van der Waals surface area contributed by atoms with Crippen molar-refractivity contribution in [3.63, 3.8) is 0 Å². The summed E-state index contributed by atoms with van der Waals surface area (Å²) in [5.41, 5.74) is 2.13. The molecule has 0 N–H and O–H groups in total. The minimum absolute atomic E-state index is 0.0825. The van der Waals surface area contributed by atoms with Gasteiger partial charge in [0.05, 0.1) is 18.3 Å². The quantitative estimate of drug-likeness (QED) is 0.452. The fraction of sp³-hybridized carbons (Fsp3) is 0.400. The van der Waals surface area contributed by atoms with E-state index in [9.17, 15) is 4.79 Å². The van der Waals surface area contributed by atoms with E-state index in [1.165, 1.54) is 30.2 Å². The summed E-state index contributed by atoms with van der Waals surface area (Å²) in [5.74, 6) is 1.05. The molecule has 32 heavy (non-hydrogen) atoms. The first-order chi connectivity index (χ1) is 15.7. The van der Waals surface area contributed by atoms with Crippen LogP contribution in [0.3, 0.4) is 0 Å². The molecule has 2 aromatic carbocycles. The van der Waals surface area contributed by atoms with Gasteiger partial charge in [-0.2, -0.15) is 0 Å². The molecule has 1 aliphatic rings.